The number of amides is 1. The van der Waals surface area contributed by atoms with Gasteiger partial charge in [0, 0.05) is 37.4 Å². The standard InChI is InChI=1S/C17H24N4O3/c22-16(20-14-3-1-2-13(10-14)17(23)24)12-4-8-21(9-5-12)15-11-18-6-7-19-15/h6-7,11-14H,1-5,8-10H2,(H,20,22)(H,23,24). The van der Waals surface area contributed by atoms with Gasteiger partial charge in [-0.3, -0.25) is 14.6 Å². The van der Waals surface area contributed by atoms with Crippen LogP contribution in [-0.2, 0) is 9.59 Å². The maximum absolute atomic E-state index is 12.5. The van der Waals surface area contributed by atoms with Crippen molar-refractivity contribution in [1.82, 2.24) is 15.3 Å². The Morgan fingerprint density at radius 3 is 2.58 bits per heavy atom. The Bertz CT molecular complexity index is 572. The number of carboxylic acid groups (broad SMARTS) is 1. The van der Waals surface area contributed by atoms with Crippen molar-refractivity contribution in [2.45, 2.75) is 44.6 Å². The molecule has 2 N–H and O–H groups in total. The zero-order valence-corrected chi connectivity index (χ0v) is 13.7. The minimum absolute atomic E-state index is 0.00289. The molecule has 2 heterocycles. The molecule has 0 bridgehead atoms. The van der Waals surface area contributed by atoms with E-state index < -0.39 is 5.97 Å². The Labute approximate surface area is 141 Å². The molecule has 0 radical (unpaired) electrons. The normalized spacial score (nSPS) is 25.2. The van der Waals surface area contributed by atoms with Crippen molar-refractivity contribution in [1.29, 1.82) is 0 Å². The molecule has 2 aliphatic rings. The highest BCUT2D eigenvalue weighted by molar-refractivity contribution is 5.79. The first-order chi connectivity index (χ1) is 11.6. The molecule has 1 aliphatic carbocycles. The van der Waals surface area contributed by atoms with Crippen LogP contribution in [0.3, 0.4) is 0 Å². The van der Waals surface area contributed by atoms with Gasteiger partial charge in [-0.25, -0.2) is 4.98 Å². The number of carbonyl (C=O) groups is 2. The van der Waals surface area contributed by atoms with Gasteiger partial charge in [-0.1, -0.05) is 6.42 Å². The lowest BCUT2D eigenvalue weighted by Crippen LogP contribution is -2.46. The molecule has 1 aromatic heterocycles. The van der Waals surface area contributed by atoms with E-state index in [1.54, 1.807) is 18.6 Å². The number of anilines is 1. The smallest absolute Gasteiger partial charge is 0.306 e. The molecule has 1 aliphatic heterocycles. The summed E-state index contributed by atoms with van der Waals surface area (Å²) >= 11 is 0. The number of carbonyl (C=O) groups excluding carboxylic acids is 1. The van der Waals surface area contributed by atoms with Crippen molar-refractivity contribution in [2.75, 3.05) is 18.0 Å². The Morgan fingerprint density at radius 2 is 1.92 bits per heavy atom. The van der Waals surface area contributed by atoms with Crippen molar-refractivity contribution >= 4 is 17.7 Å². The fourth-order valence-corrected chi connectivity index (χ4v) is 3.69. The van der Waals surface area contributed by atoms with Crippen LogP contribution in [0, 0.1) is 11.8 Å². The second-order valence-corrected chi connectivity index (χ2v) is 6.73. The Kier molecular flexibility index (Phi) is 5.27. The number of rotatable bonds is 4. The van der Waals surface area contributed by atoms with Gasteiger partial charge in [0.15, 0.2) is 0 Å². The van der Waals surface area contributed by atoms with Crippen molar-refractivity contribution < 1.29 is 14.7 Å². The summed E-state index contributed by atoms with van der Waals surface area (Å²) < 4.78 is 0. The van der Waals surface area contributed by atoms with Gasteiger partial charge in [0.25, 0.3) is 0 Å². The van der Waals surface area contributed by atoms with Crippen LogP contribution in [0.5, 0.6) is 0 Å². The molecule has 130 valence electrons. The Morgan fingerprint density at radius 1 is 1.12 bits per heavy atom. The second-order valence-electron chi connectivity index (χ2n) is 6.73. The van der Waals surface area contributed by atoms with Crippen LogP contribution in [0.25, 0.3) is 0 Å². The van der Waals surface area contributed by atoms with E-state index in [0.29, 0.717) is 6.42 Å². The van der Waals surface area contributed by atoms with E-state index in [2.05, 4.69) is 20.2 Å². The molecule has 2 unspecified atom stereocenters. The molecule has 2 fully saturated rings. The average Bonchev–Trinajstić information content (AvgIpc) is 2.63. The summed E-state index contributed by atoms with van der Waals surface area (Å²) in [5, 5.41) is 12.2. The monoisotopic (exact) mass is 332 g/mol. The van der Waals surface area contributed by atoms with Crippen LogP contribution in [0.15, 0.2) is 18.6 Å². The van der Waals surface area contributed by atoms with Crippen molar-refractivity contribution in [3.05, 3.63) is 18.6 Å². The molecule has 0 spiro atoms. The summed E-state index contributed by atoms with van der Waals surface area (Å²) in [4.78, 5) is 34.1. The van der Waals surface area contributed by atoms with E-state index in [-0.39, 0.29) is 23.8 Å². The first-order valence-corrected chi connectivity index (χ1v) is 8.67. The maximum atomic E-state index is 12.5. The highest BCUT2D eigenvalue weighted by Gasteiger charge is 2.31. The zero-order valence-electron chi connectivity index (χ0n) is 13.7. The molecular formula is C17H24N4O3. The number of aliphatic carboxylic acids is 1. The lowest BCUT2D eigenvalue weighted by molar-refractivity contribution is -0.143. The van der Waals surface area contributed by atoms with Gasteiger partial charge < -0.3 is 15.3 Å². The van der Waals surface area contributed by atoms with E-state index in [1.807, 2.05) is 0 Å². The van der Waals surface area contributed by atoms with Gasteiger partial charge in [-0.05, 0) is 32.1 Å². The van der Waals surface area contributed by atoms with Gasteiger partial charge >= 0.3 is 5.97 Å². The molecule has 1 saturated heterocycles. The van der Waals surface area contributed by atoms with Crippen LogP contribution >= 0.6 is 0 Å². The fraction of sp³-hybridized carbons (Fsp3) is 0.647. The summed E-state index contributed by atoms with van der Waals surface area (Å²) in [5.74, 6) is -0.130. The number of nitrogens with zero attached hydrogens (tertiary/aromatic N) is 3. The Balaban J connectivity index is 1.48. The predicted molar refractivity (Wildman–Crippen MR) is 88.5 cm³/mol. The number of aromatic nitrogens is 2. The fourth-order valence-electron chi connectivity index (χ4n) is 3.69. The summed E-state index contributed by atoms with van der Waals surface area (Å²) in [5.41, 5.74) is 0. The highest BCUT2D eigenvalue weighted by atomic mass is 16.4. The van der Waals surface area contributed by atoms with E-state index in [0.717, 1.165) is 51.0 Å². The van der Waals surface area contributed by atoms with E-state index in [1.165, 1.54) is 0 Å². The van der Waals surface area contributed by atoms with Crippen LogP contribution in [0.4, 0.5) is 5.82 Å². The number of hydrogen-bond acceptors (Lipinski definition) is 5. The maximum Gasteiger partial charge on any atom is 0.306 e. The van der Waals surface area contributed by atoms with Gasteiger partial charge in [-0.15, -0.1) is 0 Å². The summed E-state index contributed by atoms with van der Waals surface area (Å²) in [7, 11) is 0. The molecule has 1 amide bonds. The molecule has 1 aromatic rings. The first kappa shape index (κ1) is 16.7. The van der Waals surface area contributed by atoms with Gasteiger partial charge in [0.1, 0.15) is 5.82 Å². The molecule has 1 saturated carbocycles. The van der Waals surface area contributed by atoms with Gasteiger partial charge in [0.2, 0.25) is 5.91 Å². The van der Waals surface area contributed by atoms with E-state index >= 15 is 0 Å². The number of nitrogens with one attached hydrogen (secondary N) is 1. The molecule has 24 heavy (non-hydrogen) atoms. The minimum atomic E-state index is -0.744. The summed E-state index contributed by atoms with van der Waals surface area (Å²) in [6, 6.07) is 0.00497. The number of hydrogen-bond donors (Lipinski definition) is 2. The van der Waals surface area contributed by atoms with Gasteiger partial charge in [0.05, 0.1) is 12.1 Å². The minimum Gasteiger partial charge on any atom is -0.481 e. The lowest BCUT2D eigenvalue weighted by atomic mass is 9.85. The van der Waals surface area contributed by atoms with Crippen LogP contribution in [0.2, 0.25) is 0 Å². The number of carboxylic acids is 1. The highest BCUT2D eigenvalue weighted by Crippen LogP contribution is 2.26. The van der Waals surface area contributed by atoms with Crippen LogP contribution in [-0.4, -0.2) is 46.1 Å². The molecule has 7 nitrogen and oxygen atoms in total. The summed E-state index contributed by atoms with van der Waals surface area (Å²) in [6.45, 7) is 1.58. The zero-order chi connectivity index (χ0) is 16.9. The van der Waals surface area contributed by atoms with E-state index in [9.17, 15) is 9.59 Å². The Hall–Kier alpha value is -2.18. The lowest BCUT2D eigenvalue weighted by Gasteiger charge is -2.33. The topological polar surface area (TPSA) is 95.4 Å². The third-order valence-electron chi connectivity index (χ3n) is 5.11. The van der Waals surface area contributed by atoms with Crippen molar-refractivity contribution in [3.8, 4) is 0 Å². The van der Waals surface area contributed by atoms with Gasteiger partial charge in [-0.2, -0.15) is 0 Å². The molecule has 7 heteroatoms. The van der Waals surface area contributed by atoms with Crippen LogP contribution in [0.1, 0.15) is 38.5 Å². The SMILES string of the molecule is O=C(O)C1CCCC(NC(=O)C2CCN(c3cnccn3)CC2)C1. The molecule has 0 aromatic carbocycles. The van der Waals surface area contributed by atoms with E-state index in [4.69, 9.17) is 5.11 Å². The largest absolute Gasteiger partial charge is 0.481 e. The molecule has 3 rings (SSSR count). The quantitative estimate of drug-likeness (QED) is 0.866. The number of piperidine rings is 1. The second kappa shape index (κ2) is 7.59. The van der Waals surface area contributed by atoms with Crippen molar-refractivity contribution in [3.63, 3.8) is 0 Å². The van der Waals surface area contributed by atoms with Crippen molar-refractivity contribution in [2.24, 2.45) is 11.8 Å². The first-order valence-electron chi connectivity index (χ1n) is 8.67. The third-order valence-corrected chi connectivity index (χ3v) is 5.11. The third kappa shape index (κ3) is 4.01. The average molecular weight is 332 g/mol. The summed E-state index contributed by atoms with van der Waals surface area (Å²) in [6.07, 6.45) is 9.68. The molecule has 2 atom stereocenters. The molecular weight excluding hydrogens is 308 g/mol. The van der Waals surface area contributed by atoms with Crippen LogP contribution < -0.4 is 10.2 Å². The predicted octanol–water partition coefficient (Wildman–Crippen LogP) is 1.45.